The molecule has 0 saturated heterocycles. The van der Waals surface area contributed by atoms with Crippen LogP contribution in [0.5, 0.6) is 0 Å². The minimum atomic E-state index is -2.89. The molecule has 0 aliphatic heterocycles. The molecule has 0 heterocycles. The van der Waals surface area contributed by atoms with Crippen LogP contribution in [0, 0.1) is 17.0 Å². The maximum absolute atomic E-state index is 12.3. The Morgan fingerprint density at radius 2 is 2.07 bits per heavy atom. The van der Waals surface area contributed by atoms with Gasteiger partial charge in [0.2, 0.25) is 0 Å². The number of nitro groups is 1. The summed E-state index contributed by atoms with van der Waals surface area (Å²) >= 11 is 5.56. The minimum Gasteiger partial charge on any atom is -0.258 e. The number of hydrogen-bond acceptors (Lipinski definition) is 2. The highest BCUT2D eigenvalue weighted by molar-refractivity contribution is 6.33. The van der Waals surface area contributed by atoms with Gasteiger partial charge in [-0.2, -0.15) is 0 Å². The van der Waals surface area contributed by atoms with Gasteiger partial charge in [0.25, 0.3) is 12.1 Å². The largest absolute Gasteiger partial charge is 0.297 e. The average molecular weight is 222 g/mol. The van der Waals surface area contributed by atoms with Crippen LogP contribution in [0.1, 0.15) is 17.6 Å². The lowest BCUT2D eigenvalue weighted by atomic mass is 10.1. The molecule has 0 N–H and O–H groups in total. The molecule has 14 heavy (non-hydrogen) atoms. The van der Waals surface area contributed by atoms with Crippen LogP contribution in [-0.4, -0.2) is 4.92 Å². The monoisotopic (exact) mass is 221 g/mol. The van der Waals surface area contributed by atoms with Crippen molar-refractivity contribution < 1.29 is 13.7 Å². The van der Waals surface area contributed by atoms with E-state index in [1.54, 1.807) is 0 Å². The van der Waals surface area contributed by atoms with Gasteiger partial charge < -0.3 is 0 Å². The number of nitro benzene ring substituents is 1. The molecule has 0 atom stereocenters. The zero-order valence-electron chi connectivity index (χ0n) is 7.13. The van der Waals surface area contributed by atoms with Gasteiger partial charge in [0.05, 0.1) is 10.5 Å². The van der Waals surface area contributed by atoms with Crippen molar-refractivity contribution in [2.75, 3.05) is 0 Å². The van der Waals surface area contributed by atoms with Crippen molar-refractivity contribution in [2.24, 2.45) is 0 Å². The van der Waals surface area contributed by atoms with Gasteiger partial charge in [-0.05, 0) is 18.6 Å². The van der Waals surface area contributed by atoms with E-state index >= 15 is 0 Å². The van der Waals surface area contributed by atoms with Crippen molar-refractivity contribution >= 4 is 17.3 Å². The molecule has 0 bridgehead atoms. The van der Waals surface area contributed by atoms with Gasteiger partial charge in [-0.3, -0.25) is 10.1 Å². The summed E-state index contributed by atoms with van der Waals surface area (Å²) in [6.45, 7) is 1.52. The molecule has 3 nitrogen and oxygen atoms in total. The molecule has 76 valence electrons. The van der Waals surface area contributed by atoms with Crippen LogP contribution in [0.3, 0.4) is 0 Å². The standard InChI is InChI=1S/C8H6ClF2NO2/c1-4-2-3-5(8(10)11)7(6(4)9)12(13)14/h2-3,8H,1H3. The lowest BCUT2D eigenvalue weighted by molar-refractivity contribution is -0.386. The molecule has 1 aromatic rings. The van der Waals surface area contributed by atoms with Crippen molar-refractivity contribution in [1.82, 2.24) is 0 Å². The first-order chi connectivity index (χ1) is 6.45. The maximum Gasteiger partial charge on any atom is 0.297 e. The third-order valence-electron chi connectivity index (χ3n) is 1.76. The Morgan fingerprint density at radius 1 is 1.50 bits per heavy atom. The molecule has 1 rings (SSSR count). The van der Waals surface area contributed by atoms with E-state index in [4.69, 9.17) is 11.6 Å². The smallest absolute Gasteiger partial charge is 0.258 e. The van der Waals surface area contributed by atoms with Crippen LogP contribution in [0.2, 0.25) is 5.02 Å². The molecular weight excluding hydrogens is 216 g/mol. The highest BCUT2D eigenvalue weighted by Crippen LogP contribution is 2.36. The second-order valence-corrected chi connectivity index (χ2v) is 3.07. The van der Waals surface area contributed by atoms with Gasteiger partial charge in [-0.15, -0.1) is 0 Å². The summed E-state index contributed by atoms with van der Waals surface area (Å²) in [6, 6.07) is 2.35. The first-order valence-electron chi connectivity index (χ1n) is 3.66. The Hall–Kier alpha value is -1.23. The SMILES string of the molecule is Cc1ccc(C(F)F)c([N+](=O)[O-])c1Cl. The van der Waals surface area contributed by atoms with E-state index in [0.717, 1.165) is 6.07 Å². The highest BCUT2D eigenvalue weighted by Gasteiger charge is 2.25. The molecule has 0 aliphatic rings. The molecule has 0 aromatic heterocycles. The van der Waals surface area contributed by atoms with Gasteiger partial charge >= 0.3 is 0 Å². The Kier molecular flexibility index (Phi) is 3.00. The number of benzene rings is 1. The van der Waals surface area contributed by atoms with Gasteiger partial charge in [0, 0.05) is 0 Å². The summed E-state index contributed by atoms with van der Waals surface area (Å²) in [5, 5.41) is 10.3. The molecule has 0 spiro atoms. The summed E-state index contributed by atoms with van der Waals surface area (Å²) in [7, 11) is 0. The molecule has 0 saturated carbocycles. The summed E-state index contributed by atoms with van der Waals surface area (Å²) in [5.74, 6) is 0. The molecular formula is C8H6ClF2NO2. The van der Waals surface area contributed by atoms with E-state index < -0.39 is 22.6 Å². The predicted molar refractivity (Wildman–Crippen MR) is 47.8 cm³/mol. The normalized spacial score (nSPS) is 10.6. The highest BCUT2D eigenvalue weighted by atomic mass is 35.5. The number of alkyl halides is 2. The quantitative estimate of drug-likeness (QED) is 0.567. The molecule has 0 aliphatic carbocycles. The summed E-state index contributed by atoms with van der Waals surface area (Å²) in [5.41, 5.74) is -0.949. The lowest BCUT2D eigenvalue weighted by Gasteiger charge is -2.04. The van der Waals surface area contributed by atoms with E-state index in [-0.39, 0.29) is 5.02 Å². The van der Waals surface area contributed by atoms with E-state index in [1.807, 2.05) is 0 Å². The Balaban J connectivity index is 3.45. The third kappa shape index (κ3) is 1.82. The van der Waals surface area contributed by atoms with Crippen LogP contribution in [-0.2, 0) is 0 Å². The number of nitrogens with zero attached hydrogens (tertiary/aromatic N) is 1. The first kappa shape index (κ1) is 10.8. The van der Waals surface area contributed by atoms with Crippen molar-refractivity contribution in [1.29, 1.82) is 0 Å². The zero-order chi connectivity index (χ0) is 10.9. The number of rotatable bonds is 2. The fourth-order valence-electron chi connectivity index (χ4n) is 1.04. The zero-order valence-corrected chi connectivity index (χ0v) is 7.89. The van der Waals surface area contributed by atoms with Gasteiger partial charge in [0.15, 0.2) is 0 Å². The van der Waals surface area contributed by atoms with Gasteiger partial charge in [0.1, 0.15) is 5.02 Å². The predicted octanol–water partition coefficient (Wildman–Crippen LogP) is 3.49. The van der Waals surface area contributed by atoms with Crippen LogP contribution in [0.15, 0.2) is 12.1 Å². The third-order valence-corrected chi connectivity index (χ3v) is 2.24. The van der Waals surface area contributed by atoms with Crippen LogP contribution in [0.4, 0.5) is 14.5 Å². The number of aryl methyl sites for hydroxylation is 1. The number of hydrogen-bond donors (Lipinski definition) is 0. The summed E-state index contributed by atoms with van der Waals surface area (Å²) in [4.78, 5) is 9.60. The molecule has 6 heteroatoms. The second-order valence-electron chi connectivity index (χ2n) is 2.69. The van der Waals surface area contributed by atoms with E-state index in [1.165, 1.54) is 13.0 Å². The second kappa shape index (κ2) is 3.88. The van der Waals surface area contributed by atoms with E-state index in [9.17, 15) is 18.9 Å². The Labute approximate surface area is 83.4 Å². The van der Waals surface area contributed by atoms with Gasteiger partial charge in [-0.25, -0.2) is 8.78 Å². The molecule has 1 aromatic carbocycles. The average Bonchev–Trinajstić information content (AvgIpc) is 2.08. The fourth-order valence-corrected chi connectivity index (χ4v) is 1.28. The number of halogens is 3. The molecule has 0 amide bonds. The molecule has 0 radical (unpaired) electrons. The maximum atomic E-state index is 12.3. The van der Waals surface area contributed by atoms with Crippen molar-refractivity contribution in [3.05, 3.63) is 38.4 Å². The van der Waals surface area contributed by atoms with Crippen molar-refractivity contribution in [3.8, 4) is 0 Å². The first-order valence-corrected chi connectivity index (χ1v) is 4.04. The van der Waals surface area contributed by atoms with Crippen molar-refractivity contribution in [2.45, 2.75) is 13.3 Å². The minimum absolute atomic E-state index is 0.229. The summed E-state index contributed by atoms with van der Waals surface area (Å²) in [6.07, 6.45) is -2.89. The van der Waals surface area contributed by atoms with Crippen LogP contribution in [0.25, 0.3) is 0 Å². The van der Waals surface area contributed by atoms with Crippen LogP contribution < -0.4 is 0 Å². The van der Waals surface area contributed by atoms with Crippen LogP contribution >= 0.6 is 11.6 Å². The summed E-state index contributed by atoms with van der Waals surface area (Å²) < 4.78 is 24.7. The molecule has 0 fully saturated rings. The topological polar surface area (TPSA) is 43.1 Å². The Morgan fingerprint density at radius 3 is 2.50 bits per heavy atom. The fraction of sp³-hybridized carbons (Fsp3) is 0.250. The van der Waals surface area contributed by atoms with Crippen molar-refractivity contribution in [3.63, 3.8) is 0 Å². The lowest BCUT2D eigenvalue weighted by Crippen LogP contribution is -1.98. The Bertz CT molecular complexity index is 382. The van der Waals surface area contributed by atoms with E-state index in [0.29, 0.717) is 5.56 Å². The van der Waals surface area contributed by atoms with Gasteiger partial charge in [-0.1, -0.05) is 17.7 Å². The molecule has 0 unspecified atom stereocenters. The van der Waals surface area contributed by atoms with E-state index in [2.05, 4.69) is 0 Å².